The van der Waals surface area contributed by atoms with Crippen LogP contribution in [0.5, 0.6) is 5.75 Å². The SMILES string of the molecule is CCCOc1ccccc1/C=N\n1c(C(CC)CC)n[nH]c1=S. The minimum atomic E-state index is 0.340. The number of H-pyrrole nitrogens is 1. The third-order valence-corrected chi connectivity index (χ3v) is 3.98. The van der Waals surface area contributed by atoms with Crippen LogP contribution in [0.4, 0.5) is 0 Å². The molecule has 0 atom stereocenters. The van der Waals surface area contributed by atoms with Crippen LogP contribution in [0.3, 0.4) is 0 Å². The van der Waals surface area contributed by atoms with Crippen molar-refractivity contribution < 1.29 is 4.74 Å². The second-order valence-electron chi connectivity index (χ2n) is 5.34. The van der Waals surface area contributed by atoms with Crippen molar-refractivity contribution in [2.45, 2.75) is 46.0 Å². The molecule has 1 heterocycles. The Morgan fingerprint density at radius 2 is 2.04 bits per heavy atom. The zero-order chi connectivity index (χ0) is 16.7. The standard InChI is InChI=1S/C17H24N4OS/c1-4-11-22-15-10-8-7-9-14(15)12-18-21-16(13(5-2)6-3)19-20-17(21)23/h7-10,12-13H,4-6,11H2,1-3H3,(H,20,23)/b18-12-. The van der Waals surface area contributed by atoms with E-state index in [1.165, 1.54) is 0 Å². The van der Waals surface area contributed by atoms with Crippen LogP contribution < -0.4 is 4.74 Å². The summed E-state index contributed by atoms with van der Waals surface area (Å²) in [5, 5.41) is 11.7. The number of aromatic amines is 1. The summed E-state index contributed by atoms with van der Waals surface area (Å²) in [5.74, 6) is 2.05. The van der Waals surface area contributed by atoms with Gasteiger partial charge in [0.2, 0.25) is 4.77 Å². The fourth-order valence-electron chi connectivity index (χ4n) is 2.38. The molecule has 0 spiro atoms. The molecular weight excluding hydrogens is 308 g/mol. The van der Waals surface area contributed by atoms with Crippen LogP contribution in [0.2, 0.25) is 0 Å². The number of benzene rings is 1. The molecule has 1 aromatic heterocycles. The molecule has 0 aliphatic heterocycles. The topological polar surface area (TPSA) is 55.2 Å². The van der Waals surface area contributed by atoms with Crippen LogP contribution in [0.25, 0.3) is 0 Å². The fourth-order valence-corrected chi connectivity index (χ4v) is 2.57. The third-order valence-electron chi connectivity index (χ3n) is 3.72. The third kappa shape index (κ3) is 4.28. The Morgan fingerprint density at radius 1 is 1.30 bits per heavy atom. The lowest BCUT2D eigenvalue weighted by molar-refractivity contribution is 0.317. The molecule has 0 aliphatic rings. The van der Waals surface area contributed by atoms with Crippen LogP contribution in [-0.2, 0) is 0 Å². The van der Waals surface area contributed by atoms with E-state index in [-0.39, 0.29) is 0 Å². The van der Waals surface area contributed by atoms with E-state index in [0.29, 0.717) is 17.3 Å². The molecule has 1 N–H and O–H groups in total. The Bertz CT molecular complexity index is 701. The highest BCUT2D eigenvalue weighted by atomic mass is 32.1. The molecule has 2 aromatic rings. The van der Waals surface area contributed by atoms with E-state index in [1.807, 2.05) is 24.3 Å². The lowest BCUT2D eigenvalue weighted by Gasteiger charge is -2.10. The normalized spacial score (nSPS) is 11.5. The van der Waals surface area contributed by atoms with Crippen molar-refractivity contribution in [3.8, 4) is 5.75 Å². The van der Waals surface area contributed by atoms with Gasteiger partial charge in [-0.1, -0.05) is 32.9 Å². The highest BCUT2D eigenvalue weighted by Gasteiger charge is 2.15. The maximum absolute atomic E-state index is 5.76. The van der Waals surface area contributed by atoms with Gasteiger partial charge in [-0.05, 0) is 43.6 Å². The highest BCUT2D eigenvalue weighted by molar-refractivity contribution is 7.71. The van der Waals surface area contributed by atoms with E-state index in [2.05, 4.69) is 36.1 Å². The Kier molecular flexibility index (Phi) is 6.52. The van der Waals surface area contributed by atoms with Crippen molar-refractivity contribution in [2.24, 2.45) is 5.10 Å². The van der Waals surface area contributed by atoms with E-state index in [1.54, 1.807) is 10.9 Å². The number of rotatable bonds is 8. The number of hydrogen-bond acceptors (Lipinski definition) is 4. The van der Waals surface area contributed by atoms with Crippen LogP contribution >= 0.6 is 12.2 Å². The number of nitrogens with one attached hydrogen (secondary N) is 1. The predicted molar refractivity (Wildman–Crippen MR) is 96.0 cm³/mol. The van der Waals surface area contributed by atoms with Crippen molar-refractivity contribution in [2.75, 3.05) is 6.61 Å². The number of para-hydroxylation sites is 1. The molecule has 1 aromatic carbocycles. The lowest BCUT2D eigenvalue weighted by atomic mass is 10.0. The summed E-state index contributed by atoms with van der Waals surface area (Å²) in [6.45, 7) is 7.07. The van der Waals surface area contributed by atoms with Crippen molar-refractivity contribution in [3.05, 3.63) is 40.4 Å². The molecule has 0 saturated carbocycles. The summed E-state index contributed by atoms with van der Waals surface area (Å²) in [4.78, 5) is 0. The zero-order valence-corrected chi connectivity index (χ0v) is 14.8. The van der Waals surface area contributed by atoms with Gasteiger partial charge in [0.25, 0.3) is 0 Å². The van der Waals surface area contributed by atoms with Crippen molar-refractivity contribution in [1.29, 1.82) is 0 Å². The largest absolute Gasteiger partial charge is 0.493 e. The average molecular weight is 332 g/mol. The minimum absolute atomic E-state index is 0.340. The Labute approximate surface area is 142 Å². The van der Waals surface area contributed by atoms with Crippen LogP contribution in [0.15, 0.2) is 29.4 Å². The zero-order valence-electron chi connectivity index (χ0n) is 14.0. The second kappa shape index (κ2) is 8.62. The van der Waals surface area contributed by atoms with E-state index in [9.17, 15) is 0 Å². The van der Waals surface area contributed by atoms with Gasteiger partial charge in [-0.3, -0.25) is 5.10 Å². The molecule has 0 fully saturated rings. The Balaban J connectivity index is 2.31. The summed E-state index contributed by atoms with van der Waals surface area (Å²) in [6, 6.07) is 7.86. The number of nitrogens with zero attached hydrogens (tertiary/aromatic N) is 3. The van der Waals surface area contributed by atoms with E-state index in [4.69, 9.17) is 17.0 Å². The lowest BCUT2D eigenvalue weighted by Crippen LogP contribution is -2.05. The molecular formula is C17H24N4OS. The van der Waals surface area contributed by atoms with Crippen molar-refractivity contribution >= 4 is 18.4 Å². The molecule has 124 valence electrons. The number of ether oxygens (including phenoxy) is 1. The molecule has 0 radical (unpaired) electrons. The molecule has 2 rings (SSSR count). The van der Waals surface area contributed by atoms with Gasteiger partial charge in [-0.25, -0.2) is 0 Å². The molecule has 5 nitrogen and oxygen atoms in total. The van der Waals surface area contributed by atoms with Gasteiger partial charge in [0.05, 0.1) is 12.8 Å². The minimum Gasteiger partial charge on any atom is -0.493 e. The summed E-state index contributed by atoms with van der Waals surface area (Å²) < 4.78 is 7.98. The summed E-state index contributed by atoms with van der Waals surface area (Å²) >= 11 is 5.31. The quantitative estimate of drug-likeness (QED) is 0.571. The van der Waals surface area contributed by atoms with Crippen LogP contribution in [-0.4, -0.2) is 27.7 Å². The van der Waals surface area contributed by atoms with Gasteiger partial charge in [0, 0.05) is 11.5 Å². The molecule has 0 bridgehead atoms. The summed E-state index contributed by atoms with van der Waals surface area (Å²) in [7, 11) is 0. The Hall–Kier alpha value is -1.95. The molecule has 0 saturated heterocycles. The van der Waals surface area contributed by atoms with Gasteiger partial charge < -0.3 is 4.74 Å². The predicted octanol–water partition coefficient (Wildman–Crippen LogP) is 4.52. The maximum atomic E-state index is 5.76. The van der Waals surface area contributed by atoms with Crippen LogP contribution in [0, 0.1) is 4.77 Å². The summed E-state index contributed by atoms with van der Waals surface area (Å²) in [5.41, 5.74) is 0.930. The molecule has 0 unspecified atom stereocenters. The number of aromatic nitrogens is 3. The van der Waals surface area contributed by atoms with Crippen molar-refractivity contribution in [1.82, 2.24) is 14.9 Å². The fraction of sp³-hybridized carbons (Fsp3) is 0.471. The van der Waals surface area contributed by atoms with Gasteiger partial charge in [-0.15, -0.1) is 0 Å². The first kappa shape index (κ1) is 17.4. The van der Waals surface area contributed by atoms with Gasteiger partial charge in [0.15, 0.2) is 5.82 Å². The smallest absolute Gasteiger partial charge is 0.216 e. The maximum Gasteiger partial charge on any atom is 0.216 e. The second-order valence-corrected chi connectivity index (χ2v) is 5.73. The first-order valence-electron chi connectivity index (χ1n) is 8.14. The van der Waals surface area contributed by atoms with Gasteiger partial charge >= 0.3 is 0 Å². The number of hydrogen-bond donors (Lipinski definition) is 1. The van der Waals surface area contributed by atoms with Crippen LogP contribution in [0.1, 0.15) is 57.3 Å². The van der Waals surface area contributed by atoms with E-state index in [0.717, 1.165) is 36.4 Å². The molecule has 23 heavy (non-hydrogen) atoms. The van der Waals surface area contributed by atoms with Gasteiger partial charge in [0.1, 0.15) is 5.75 Å². The monoisotopic (exact) mass is 332 g/mol. The molecule has 6 heteroatoms. The average Bonchev–Trinajstić information content (AvgIpc) is 2.94. The molecule has 0 aliphatic carbocycles. The first-order valence-corrected chi connectivity index (χ1v) is 8.55. The molecule has 0 amide bonds. The van der Waals surface area contributed by atoms with E-state index >= 15 is 0 Å². The van der Waals surface area contributed by atoms with E-state index < -0.39 is 0 Å². The highest BCUT2D eigenvalue weighted by Crippen LogP contribution is 2.21. The Morgan fingerprint density at radius 3 is 2.74 bits per heavy atom. The summed E-state index contributed by atoms with van der Waals surface area (Å²) in [6.07, 6.45) is 4.75. The van der Waals surface area contributed by atoms with Crippen molar-refractivity contribution in [3.63, 3.8) is 0 Å². The van der Waals surface area contributed by atoms with Gasteiger partial charge in [-0.2, -0.15) is 14.9 Å². The first-order chi connectivity index (χ1) is 11.2.